The standard InChI is InChI=1S/C12H17NO3S/c1-4-11(12(14)13-3)17(15,16)10-7-5-9(2)6-8-10/h5-8,11H,4H2,1-3H3,(H,13,14). The summed E-state index contributed by atoms with van der Waals surface area (Å²) in [5, 5.41) is 1.37. The van der Waals surface area contributed by atoms with Gasteiger partial charge in [-0.25, -0.2) is 8.42 Å². The van der Waals surface area contributed by atoms with Gasteiger partial charge in [-0.1, -0.05) is 24.6 Å². The third-order valence-electron chi connectivity index (χ3n) is 2.63. The Morgan fingerprint density at radius 1 is 1.29 bits per heavy atom. The fourth-order valence-corrected chi connectivity index (χ4v) is 3.28. The number of aryl methyl sites for hydroxylation is 1. The van der Waals surface area contributed by atoms with Crippen molar-refractivity contribution in [3.05, 3.63) is 29.8 Å². The van der Waals surface area contributed by atoms with Crippen molar-refractivity contribution >= 4 is 15.7 Å². The molecule has 0 aromatic heterocycles. The Kier molecular flexibility index (Phi) is 4.28. The van der Waals surface area contributed by atoms with E-state index in [-0.39, 0.29) is 11.3 Å². The van der Waals surface area contributed by atoms with Crippen LogP contribution in [0.1, 0.15) is 18.9 Å². The SMILES string of the molecule is CCC(C(=O)NC)S(=O)(=O)c1ccc(C)cc1. The second kappa shape index (κ2) is 5.31. The number of carbonyl (C=O) groups is 1. The predicted molar refractivity (Wildman–Crippen MR) is 66.5 cm³/mol. The molecule has 0 bridgehead atoms. The van der Waals surface area contributed by atoms with Crippen molar-refractivity contribution in [3.8, 4) is 0 Å². The van der Waals surface area contributed by atoms with Crippen LogP contribution in [0.15, 0.2) is 29.2 Å². The maximum atomic E-state index is 12.2. The number of hydrogen-bond acceptors (Lipinski definition) is 3. The van der Waals surface area contributed by atoms with E-state index in [0.29, 0.717) is 0 Å². The zero-order chi connectivity index (χ0) is 13.1. The third kappa shape index (κ3) is 2.85. The number of amides is 1. The number of hydrogen-bond donors (Lipinski definition) is 1. The zero-order valence-electron chi connectivity index (χ0n) is 10.2. The first-order valence-corrected chi connectivity index (χ1v) is 7.00. The van der Waals surface area contributed by atoms with E-state index in [2.05, 4.69) is 5.32 Å². The summed E-state index contributed by atoms with van der Waals surface area (Å²) in [6, 6.07) is 6.53. The lowest BCUT2D eigenvalue weighted by molar-refractivity contribution is -0.120. The maximum absolute atomic E-state index is 12.2. The van der Waals surface area contributed by atoms with Gasteiger partial charge in [0.25, 0.3) is 0 Å². The molecule has 0 aliphatic rings. The van der Waals surface area contributed by atoms with Crippen molar-refractivity contribution in [2.75, 3.05) is 7.05 Å². The molecule has 0 spiro atoms. The normalized spacial score (nSPS) is 13.1. The number of carbonyl (C=O) groups excluding carboxylic acids is 1. The highest BCUT2D eigenvalue weighted by Crippen LogP contribution is 2.19. The molecule has 17 heavy (non-hydrogen) atoms. The minimum Gasteiger partial charge on any atom is -0.358 e. The fourth-order valence-electron chi connectivity index (χ4n) is 1.60. The maximum Gasteiger partial charge on any atom is 0.238 e. The lowest BCUT2D eigenvalue weighted by Crippen LogP contribution is -2.37. The van der Waals surface area contributed by atoms with E-state index in [1.165, 1.54) is 19.2 Å². The molecule has 0 saturated heterocycles. The molecule has 5 heteroatoms. The summed E-state index contributed by atoms with van der Waals surface area (Å²) >= 11 is 0. The number of benzene rings is 1. The van der Waals surface area contributed by atoms with Gasteiger partial charge in [0.2, 0.25) is 5.91 Å². The van der Waals surface area contributed by atoms with Crippen molar-refractivity contribution < 1.29 is 13.2 Å². The molecular formula is C12H17NO3S. The van der Waals surface area contributed by atoms with Crippen molar-refractivity contribution in [2.24, 2.45) is 0 Å². The van der Waals surface area contributed by atoms with Crippen LogP contribution in [-0.2, 0) is 14.6 Å². The fraction of sp³-hybridized carbons (Fsp3) is 0.417. The summed E-state index contributed by atoms with van der Waals surface area (Å²) in [4.78, 5) is 11.7. The highest BCUT2D eigenvalue weighted by molar-refractivity contribution is 7.92. The van der Waals surface area contributed by atoms with E-state index in [0.717, 1.165) is 5.56 Å². The van der Waals surface area contributed by atoms with Crippen molar-refractivity contribution in [3.63, 3.8) is 0 Å². The lowest BCUT2D eigenvalue weighted by atomic mass is 10.2. The highest BCUT2D eigenvalue weighted by Gasteiger charge is 2.31. The Hall–Kier alpha value is -1.36. The molecule has 4 nitrogen and oxygen atoms in total. The van der Waals surface area contributed by atoms with Gasteiger partial charge in [0.1, 0.15) is 5.25 Å². The molecule has 0 saturated carbocycles. The summed E-state index contributed by atoms with van der Waals surface area (Å²) in [5.74, 6) is -0.465. The second-order valence-corrected chi connectivity index (χ2v) is 6.00. The summed E-state index contributed by atoms with van der Waals surface area (Å²) in [7, 11) is -2.15. The molecule has 94 valence electrons. The van der Waals surface area contributed by atoms with E-state index in [1.54, 1.807) is 19.1 Å². The Bertz CT molecular complexity index is 491. The van der Waals surface area contributed by atoms with E-state index in [9.17, 15) is 13.2 Å². The molecule has 1 aromatic carbocycles. The molecule has 0 radical (unpaired) electrons. The topological polar surface area (TPSA) is 63.2 Å². The van der Waals surface area contributed by atoms with Gasteiger partial charge in [0, 0.05) is 7.05 Å². The number of rotatable bonds is 4. The molecule has 1 atom stereocenters. The minimum atomic E-state index is -3.59. The average Bonchev–Trinajstić information content (AvgIpc) is 2.29. The molecule has 1 rings (SSSR count). The van der Waals surface area contributed by atoms with E-state index >= 15 is 0 Å². The van der Waals surface area contributed by atoms with Crippen LogP contribution in [0.5, 0.6) is 0 Å². The number of nitrogens with one attached hydrogen (secondary N) is 1. The summed E-state index contributed by atoms with van der Waals surface area (Å²) in [5.41, 5.74) is 0.983. The Labute approximate surface area is 102 Å². The quantitative estimate of drug-likeness (QED) is 0.882. The zero-order valence-corrected chi connectivity index (χ0v) is 11.0. The van der Waals surface area contributed by atoms with Crippen LogP contribution in [0.25, 0.3) is 0 Å². The van der Waals surface area contributed by atoms with Crippen LogP contribution in [0.2, 0.25) is 0 Å². The first-order chi connectivity index (χ1) is 7.93. The molecule has 0 aliphatic carbocycles. The van der Waals surface area contributed by atoms with Crippen LogP contribution in [-0.4, -0.2) is 26.6 Å². The van der Waals surface area contributed by atoms with Crippen LogP contribution in [0, 0.1) is 6.92 Å². The van der Waals surface area contributed by atoms with Crippen LogP contribution < -0.4 is 5.32 Å². The first-order valence-electron chi connectivity index (χ1n) is 5.45. The van der Waals surface area contributed by atoms with Gasteiger partial charge in [-0.3, -0.25) is 4.79 Å². The second-order valence-electron chi connectivity index (χ2n) is 3.87. The van der Waals surface area contributed by atoms with Crippen LogP contribution in [0.4, 0.5) is 0 Å². The monoisotopic (exact) mass is 255 g/mol. The Morgan fingerprint density at radius 2 is 1.82 bits per heavy atom. The minimum absolute atomic E-state index is 0.193. The summed E-state index contributed by atoms with van der Waals surface area (Å²) in [6.07, 6.45) is 0.260. The van der Waals surface area contributed by atoms with Crippen LogP contribution >= 0.6 is 0 Å². The van der Waals surface area contributed by atoms with Crippen molar-refractivity contribution in [1.29, 1.82) is 0 Å². The Balaban J connectivity index is 3.17. The summed E-state index contributed by atoms with van der Waals surface area (Å²) in [6.45, 7) is 3.57. The molecule has 1 amide bonds. The van der Waals surface area contributed by atoms with Crippen LogP contribution in [0.3, 0.4) is 0 Å². The molecule has 0 fully saturated rings. The first kappa shape index (κ1) is 13.7. The van der Waals surface area contributed by atoms with E-state index in [1.807, 2.05) is 6.92 Å². The molecule has 1 unspecified atom stereocenters. The van der Waals surface area contributed by atoms with Gasteiger partial charge < -0.3 is 5.32 Å². The van der Waals surface area contributed by atoms with Gasteiger partial charge in [0.05, 0.1) is 4.90 Å². The summed E-state index contributed by atoms with van der Waals surface area (Å²) < 4.78 is 24.4. The highest BCUT2D eigenvalue weighted by atomic mass is 32.2. The predicted octanol–water partition coefficient (Wildman–Crippen LogP) is 1.29. The van der Waals surface area contributed by atoms with Gasteiger partial charge in [-0.2, -0.15) is 0 Å². The Morgan fingerprint density at radius 3 is 2.24 bits per heavy atom. The smallest absolute Gasteiger partial charge is 0.238 e. The molecule has 0 aliphatic heterocycles. The van der Waals surface area contributed by atoms with Gasteiger partial charge in [-0.05, 0) is 25.5 Å². The third-order valence-corrected chi connectivity index (χ3v) is 4.86. The largest absolute Gasteiger partial charge is 0.358 e. The van der Waals surface area contributed by atoms with Gasteiger partial charge in [0.15, 0.2) is 9.84 Å². The van der Waals surface area contributed by atoms with Crippen molar-refractivity contribution in [2.45, 2.75) is 30.4 Å². The van der Waals surface area contributed by atoms with E-state index in [4.69, 9.17) is 0 Å². The van der Waals surface area contributed by atoms with Gasteiger partial charge >= 0.3 is 0 Å². The van der Waals surface area contributed by atoms with Crippen molar-refractivity contribution in [1.82, 2.24) is 5.32 Å². The molecule has 0 heterocycles. The molecule has 1 N–H and O–H groups in total. The van der Waals surface area contributed by atoms with E-state index < -0.39 is 21.0 Å². The molecular weight excluding hydrogens is 238 g/mol. The average molecular weight is 255 g/mol. The lowest BCUT2D eigenvalue weighted by Gasteiger charge is -2.14. The molecule has 1 aromatic rings. The van der Waals surface area contributed by atoms with Gasteiger partial charge in [-0.15, -0.1) is 0 Å². The number of sulfone groups is 1.